The third-order valence-corrected chi connectivity index (χ3v) is 4.27. The van der Waals surface area contributed by atoms with E-state index in [2.05, 4.69) is 32.0 Å². The van der Waals surface area contributed by atoms with Gasteiger partial charge < -0.3 is 9.84 Å². The molecule has 21 heavy (non-hydrogen) atoms. The number of hydrogen-bond acceptors (Lipinski definition) is 2. The van der Waals surface area contributed by atoms with E-state index in [0.717, 1.165) is 36.1 Å². The molecule has 0 spiro atoms. The van der Waals surface area contributed by atoms with Crippen LogP contribution in [0.2, 0.25) is 0 Å². The van der Waals surface area contributed by atoms with E-state index in [1.54, 1.807) is 0 Å². The minimum atomic E-state index is -0.551. The average molecular weight is 282 g/mol. The summed E-state index contributed by atoms with van der Waals surface area (Å²) in [5, 5.41) is 10.7. The molecule has 110 valence electrons. The van der Waals surface area contributed by atoms with Crippen molar-refractivity contribution >= 4 is 0 Å². The predicted molar refractivity (Wildman–Crippen MR) is 84.7 cm³/mol. The van der Waals surface area contributed by atoms with Crippen molar-refractivity contribution in [2.45, 2.75) is 45.3 Å². The highest BCUT2D eigenvalue weighted by atomic mass is 16.5. The monoisotopic (exact) mass is 282 g/mol. The summed E-state index contributed by atoms with van der Waals surface area (Å²) in [5.74, 6) is 0.879. The van der Waals surface area contributed by atoms with Gasteiger partial charge >= 0.3 is 0 Å². The van der Waals surface area contributed by atoms with Gasteiger partial charge in [-0.25, -0.2) is 0 Å². The standard InChI is InChI=1S/C19H22O2/c1-13-10-11-17(14(2)12-13)21-18-9-5-7-15-6-3-4-8-16(15)19(18)20/h3-4,6,8,10-12,18-20H,5,7,9H2,1-2H3. The van der Waals surface area contributed by atoms with E-state index in [1.807, 2.05) is 24.3 Å². The molecule has 2 unspecified atom stereocenters. The zero-order valence-corrected chi connectivity index (χ0v) is 12.7. The Balaban J connectivity index is 1.86. The van der Waals surface area contributed by atoms with Gasteiger partial charge in [-0.2, -0.15) is 0 Å². The number of aliphatic hydroxyl groups is 1. The molecule has 0 aliphatic heterocycles. The lowest BCUT2D eigenvalue weighted by atomic mass is 10.00. The van der Waals surface area contributed by atoms with Gasteiger partial charge in [0.05, 0.1) is 0 Å². The Bertz CT molecular complexity index is 633. The minimum absolute atomic E-state index is 0.171. The van der Waals surface area contributed by atoms with Crippen LogP contribution in [-0.4, -0.2) is 11.2 Å². The maximum absolute atomic E-state index is 10.7. The lowest BCUT2D eigenvalue weighted by Crippen LogP contribution is -2.24. The van der Waals surface area contributed by atoms with Gasteiger partial charge in [0.15, 0.2) is 0 Å². The van der Waals surface area contributed by atoms with Crippen molar-refractivity contribution in [3.05, 3.63) is 64.7 Å². The first-order valence-corrected chi connectivity index (χ1v) is 7.65. The van der Waals surface area contributed by atoms with Crippen molar-refractivity contribution < 1.29 is 9.84 Å². The van der Waals surface area contributed by atoms with Crippen LogP contribution in [0.4, 0.5) is 0 Å². The number of aryl methyl sites for hydroxylation is 3. The van der Waals surface area contributed by atoms with Crippen LogP contribution in [0, 0.1) is 13.8 Å². The highest BCUT2D eigenvalue weighted by Gasteiger charge is 2.27. The van der Waals surface area contributed by atoms with Gasteiger partial charge in [-0.15, -0.1) is 0 Å². The Morgan fingerprint density at radius 3 is 2.71 bits per heavy atom. The van der Waals surface area contributed by atoms with E-state index in [-0.39, 0.29) is 6.10 Å². The summed E-state index contributed by atoms with van der Waals surface area (Å²) >= 11 is 0. The molecule has 2 nitrogen and oxygen atoms in total. The van der Waals surface area contributed by atoms with Crippen molar-refractivity contribution in [2.24, 2.45) is 0 Å². The molecule has 0 aromatic heterocycles. The molecule has 2 heteroatoms. The van der Waals surface area contributed by atoms with Gasteiger partial charge in [-0.05, 0) is 55.9 Å². The highest BCUT2D eigenvalue weighted by Crippen LogP contribution is 2.32. The summed E-state index contributed by atoms with van der Waals surface area (Å²) in [6.45, 7) is 4.13. The molecule has 0 heterocycles. The van der Waals surface area contributed by atoms with Gasteiger partial charge in [-0.1, -0.05) is 42.0 Å². The normalized spacial score (nSPS) is 21.5. The molecule has 2 aromatic carbocycles. The molecule has 0 saturated carbocycles. The number of aliphatic hydroxyl groups excluding tert-OH is 1. The molecule has 2 aromatic rings. The summed E-state index contributed by atoms with van der Waals surface area (Å²) < 4.78 is 6.14. The van der Waals surface area contributed by atoms with Gasteiger partial charge in [0, 0.05) is 0 Å². The fraction of sp³-hybridized carbons (Fsp3) is 0.368. The molecular formula is C19H22O2. The van der Waals surface area contributed by atoms with Gasteiger partial charge in [0.2, 0.25) is 0 Å². The maximum atomic E-state index is 10.7. The van der Waals surface area contributed by atoms with Crippen LogP contribution < -0.4 is 4.74 Å². The zero-order valence-electron chi connectivity index (χ0n) is 12.7. The third kappa shape index (κ3) is 2.96. The summed E-state index contributed by atoms with van der Waals surface area (Å²) in [6.07, 6.45) is 2.21. The van der Waals surface area contributed by atoms with E-state index in [4.69, 9.17) is 4.74 Å². The zero-order chi connectivity index (χ0) is 14.8. The molecule has 2 atom stereocenters. The van der Waals surface area contributed by atoms with Crippen molar-refractivity contribution in [2.75, 3.05) is 0 Å². The predicted octanol–water partition coefficient (Wildman–Crippen LogP) is 4.12. The highest BCUT2D eigenvalue weighted by molar-refractivity contribution is 5.37. The summed E-state index contributed by atoms with van der Waals surface area (Å²) in [5.41, 5.74) is 4.62. The van der Waals surface area contributed by atoms with Crippen molar-refractivity contribution in [1.29, 1.82) is 0 Å². The summed E-state index contributed by atoms with van der Waals surface area (Å²) in [4.78, 5) is 0. The largest absolute Gasteiger partial charge is 0.487 e. The Labute approximate surface area is 126 Å². The molecule has 0 amide bonds. The van der Waals surface area contributed by atoms with Gasteiger partial charge in [-0.3, -0.25) is 0 Å². The molecule has 1 N–H and O–H groups in total. The Kier molecular flexibility index (Phi) is 3.98. The number of fused-ring (bicyclic) bond motifs is 1. The summed E-state index contributed by atoms with van der Waals surface area (Å²) in [7, 11) is 0. The topological polar surface area (TPSA) is 29.5 Å². The first kappa shape index (κ1) is 14.2. The number of hydrogen-bond donors (Lipinski definition) is 1. The lowest BCUT2D eigenvalue weighted by Gasteiger charge is -2.24. The van der Waals surface area contributed by atoms with E-state index in [0.29, 0.717) is 0 Å². The van der Waals surface area contributed by atoms with E-state index in [1.165, 1.54) is 11.1 Å². The molecular weight excluding hydrogens is 260 g/mol. The SMILES string of the molecule is Cc1ccc(OC2CCCc3ccccc3C2O)c(C)c1. The van der Waals surface area contributed by atoms with Crippen LogP contribution in [0.1, 0.15) is 41.2 Å². The van der Waals surface area contributed by atoms with Crippen LogP contribution in [0.3, 0.4) is 0 Å². The number of benzene rings is 2. The molecule has 3 rings (SSSR count). The second-order valence-electron chi connectivity index (χ2n) is 5.96. The first-order chi connectivity index (χ1) is 10.1. The van der Waals surface area contributed by atoms with E-state index < -0.39 is 6.10 Å². The van der Waals surface area contributed by atoms with E-state index in [9.17, 15) is 5.11 Å². The lowest BCUT2D eigenvalue weighted by molar-refractivity contribution is 0.0317. The molecule has 0 saturated heterocycles. The fourth-order valence-electron chi connectivity index (χ4n) is 3.12. The second-order valence-corrected chi connectivity index (χ2v) is 5.96. The van der Waals surface area contributed by atoms with Crippen LogP contribution in [0.15, 0.2) is 42.5 Å². The molecule has 0 bridgehead atoms. The van der Waals surface area contributed by atoms with Crippen LogP contribution in [0.5, 0.6) is 5.75 Å². The van der Waals surface area contributed by atoms with Crippen LogP contribution in [-0.2, 0) is 6.42 Å². The first-order valence-electron chi connectivity index (χ1n) is 7.65. The van der Waals surface area contributed by atoms with Gasteiger partial charge in [0.25, 0.3) is 0 Å². The summed E-state index contributed by atoms with van der Waals surface area (Å²) in [6, 6.07) is 14.3. The van der Waals surface area contributed by atoms with Crippen molar-refractivity contribution in [3.8, 4) is 5.75 Å². The van der Waals surface area contributed by atoms with Crippen LogP contribution >= 0.6 is 0 Å². The maximum Gasteiger partial charge on any atom is 0.129 e. The number of ether oxygens (including phenoxy) is 1. The number of rotatable bonds is 2. The molecule has 0 fully saturated rings. The van der Waals surface area contributed by atoms with Crippen molar-refractivity contribution in [1.82, 2.24) is 0 Å². The fourth-order valence-corrected chi connectivity index (χ4v) is 3.12. The molecule has 1 aliphatic rings. The Morgan fingerprint density at radius 1 is 1.10 bits per heavy atom. The molecule has 0 radical (unpaired) electrons. The Hall–Kier alpha value is -1.80. The average Bonchev–Trinajstić information content (AvgIpc) is 2.63. The van der Waals surface area contributed by atoms with E-state index >= 15 is 0 Å². The quantitative estimate of drug-likeness (QED) is 0.840. The van der Waals surface area contributed by atoms with Crippen molar-refractivity contribution in [3.63, 3.8) is 0 Å². The third-order valence-electron chi connectivity index (χ3n) is 4.27. The second kappa shape index (κ2) is 5.90. The minimum Gasteiger partial charge on any atom is -0.487 e. The molecule has 1 aliphatic carbocycles. The Morgan fingerprint density at radius 2 is 1.90 bits per heavy atom. The smallest absolute Gasteiger partial charge is 0.129 e. The van der Waals surface area contributed by atoms with Gasteiger partial charge in [0.1, 0.15) is 18.0 Å². The van der Waals surface area contributed by atoms with Crippen LogP contribution in [0.25, 0.3) is 0 Å².